The largest absolute Gasteiger partial charge is 0.481 e. The molecule has 3 heteroatoms. The van der Waals surface area contributed by atoms with Crippen LogP contribution in [0.15, 0.2) is 30.3 Å². The van der Waals surface area contributed by atoms with Crippen LogP contribution in [0.25, 0.3) is 0 Å². The topological polar surface area (TPSA) is 54.4 Å². The summed E-state index contributed by atoms with van der Waals surface area (Å²) in [6, 6.07) is 9.61. The average Bonchev–Trinajstić information content (AvgIpc) is 2.40. The summed E-state index contributed by atoms with van der Waals surface area (Å²) in [4.78, 5) is 22.7. The standard InChI is InChI=1S/C15H18O3/c16-11-15(12-6-2-1-3-7-12)9-5-4-8-13(15)10-14(17)18/h1-3,6-7,11,13H,4-5,8-10H2,(H,17,18). The maximum absolute atomic E-state index is 11.7. The van der Waals surface area contributed by atoms with Crippen molar-refractivity contribution in [3.63, 3.8) is 0 Å². The van der Waals surface area contributed by atoms with Gasteiger partial charge in [0, 0.05) is 6.42 Å². The van der Waals surface area contributed by atoms with Gasteiger partial charge in [-0.05, 0) is 24.3 Å². The molecule has 3 nitrogen and oxygen atoms in total. The van der Waals surface area contributed by atoms with Crippen LogP contribution in [0.1, 0.15) is 37.7 Å². The fourth-order valence-corrected chi connectivity index (χ4v) is 3.12. The normalized spacial score (nSPS) is 27.7. The molecule has 1 aromatic carbocycles. The van der Waals surface area contributed by atoms with Crippen LogP contribution < -0.4 is 0 Å². The lowest BCUT2D eigenvalue weighted by Crippen LogP contribution is -2.40. The number of aliphatic carboxylic acids is 1. The van der Waals surface area contributed by atoms with Crippen molar-refractivity contribution in [2.45, 2.75) is 37.5 Å². The quantitative estimate of drug-likeness (QED) is 0.831. The van der Waals surface area contributed by atoms with Crippen molar-refractivity contribution in [2.24, 2.45) is 5.92 Å². The van der Waals surface area contributed by atoms with E-state index in [1.54, 1.807) is 0 Å². The van der Waals surface area contributed by atoms with E-state index in [-0.39, 0.29) is 12.3 Å². The van der Waals surface area contributed by atoms with Gasteiger partial charge in [0.15, 0.2) is 0 Å². The van der Waals surface area contributed by atoms with Gasteiger partial charge in [0.05, 0.1) is 5.41 Å². The number of benzene rings is 1. The molecule has 1 aromatic rings. The summed E-state index contributed by atoms with van der Waals surface area (Å²) >= 11 is 0. The molecular weight excluding hydrogens is 228 g/mol. The van der Waals surface area contributed by atoms with E-state index in [9.17, 15) is 9.59 Å². The number of carbonyl (C=O) groups is 2. The molecule has 2 rings (SSSR count). The smallest absolute Gasteiger partial charge is 0.303 e. The van der Waals surface area contributed by atoms with Crippen LogP contribution in [0, 0.1) is 5.92 Å². The highest BCUT2D eigenvalue weighted by Gasteiger charge is 2.42. The third kappa shape index (κ3) is 2.30. The molecule has 0 saturated heterocycles. The van der Waals surface area contributed by atoms with Crippen molar-refractivity contribution in [1.29, 1.82) is 0 Å². The van der Waals surface area contributed by atoms with E-state index in [0.717, 1.165) is 37.5 Å². The van der Waals surface area contributed by atoms with Crippen LogP contribution in [-0.2, 0) is 15.0 Å². The summed E-state index contributed by atoms with van der Waals surface area (Å²) in [6.45, 7) is 0. The summed E-state index contributed by atoms with van der Waals surface area (Å²) in [5.41, 5.74) is 0.365. The highest BCUT2D eigenvalue weighted by atomic mass is 16.4. The summed E-state index contributed by atoms with van der Waals surface area (Å²) in [5, 5.41) is 9.02. The van der Waals surface area contributed by atoms with Crippen LogP contribution in [0.3, 0.4) is 0 Å². The second-order valence-electron chi connectivity index (χ2n) is 5.06. The Hall–Kier alpha value is -1.64. The van der Waals surface area contributed by atoms with E-state index in [2.05, 4.69) is 0 Å². The van der Waals surface area contributed by atoms with Gasteiger partial charge in [0.25, 0.3) is 0 Å². The maximum atomic E-state index is 11.7. The van der Waals surface area contributed by atoms with E-state index < -0.39 is 11.4 Å². The van der Waals surface area contributed by atoms with E-state index in [1.807, 2.05) is 30.3 Å². The summed E-state index contributed by atoms with van der Waals surface area (Å²) in [7, 11) is 0. The van der Waals surface area contributed by atoms with E-state index in [1.165, 1.54) is 0 Å². The molecular formula is C15H18O3. The molecule has 0 aliphatic heterocycles. The van der Waals surface area contributed by atoms with Crippen LogP contribution in [0.4, 0.5) is 0 Å². The van der Waals surface area contributed by atoms with Crippen molar-refractivity contribution in [3.05, 3.63) is 35.9 Å². The lowest BCUT2D eigenvalue weighted by atomic mass is 9.62. The SMILES string of the molecule is O=CC1(c2ccccc2)CCCCC1CC(=O)O. The molecule has 2 unspecified atom stereocenters. The van der Waals surface area contributed by atoms with E-state index in [4.69, 9.17) is 5.11 Å². The number of carbonyl (C=O) groups excluding carboxylic acids is 1. The molecule has 0 spiro atoms. The number of rotatable bonds is 4. The molecule has 1 aliphatic rings. The molecule has 0 aromatic heterocycles. The predicted octanol–water partition coefficient (Wildman–Crippen LogP) is 2.79. The van der Waals surface area contributed by atoms with Gasteiger partial charge in [0.1, 0.15) is 6.29 Å². The summed E-state index contributed by atoms with van der Waals surface area (Å²) in [6.07, 6.45) is 4.64. The molecule has 2 atom stereocenters. The van der Waals surface area contributed by atoms with Crippen LogP contribution in [0.5, 0.6) is 0 Å². The van der Waals surface area contributed by atoms with Gasteiger partial charge in [-0.15, -0.1) is 0 Å². The van der Waals surface area contributed by atoms with Crippen molar-refractivity contribution in [3.8, 4) is 0 Å². The Kier molecular flexibility index (Phi) is 3.80. The summed E-state index contributed by atoms with van der Waals surface area (Å²) in [5.74, 6) is -0.896. The van der Waals surface area contributed by atoms with Gasteiger partial charge in [-0.1, -0.05) is 43.2 Å². The minimum atomic E-state index is -0.816. The van der Waals surface area contributed by atoms with Gasteiger partial charge in [-0.25, -0.2) is 0 Å². The Morgan fingerprint density at radius 1 is 1.33 bits per heavy atom. The molecule has 1 fully saturated rings. The Morgan fingerprint density at radius 2 is 2.06 bits per heavy atom. The van der Waals surface area contributed by atoms with Crippen molar-refractivity contribution < 1.29 is 14.7 Å². The van der Waals surface area contributed by atoms with Crippen LogP contribution >= 0.6 is 0 Å². The minimum Gasteiger partial charge on any atom is -0.481 e. The number of carboxylic acids is 1. The Labute approximate surface area is 107 Å². The third-order valence-corrected chi connectivity index (χ3v) is 4.06. The predicted molar refractivity (Wildman–Crippen MR) is 68.4 cm³/mol. The first-order chi connectivity index (χ1) is 8.69. The lowest BCUT2D eigenvalue weighted by molar-refractivity contribution is -0.139. The number of aldehydes is 1. The van der Waals surface area contributed by atoms with Crippen LogP contribution in [-0.4, -0.2) is 17.4 Å². The number of carboxylic acid groups (broad SMARTS) is 1. The van der Waals surface area contributed by atoms with Gasteiger partial charge in [0.2, 0.25) is 0 Å². The van der Waals surface area contributed by atoms with E-state index >= 15 is 0 Å². The zero-order chi connectivity index (χ0) is 13.0. The second-order valence-corrected chi connectivity index (χ2v) is 5.06. The van der Waals surface area contributed by atoms with Crippen LogP contribution in [0.2, 0.25) is 0 Å². The molecule has 1 N–H and O–H groups in total. The fraction of sp³-hybridized carbons (Fsp3) is 0.467. The van der Waals surface area contributed by atoms with Gasteiger partial charge in [-0.3, -0.25) is 4.79 Å². The second kappa shape index (κ2) is 5.34. The van der Waals surface area contributed by atoms with Gasteiger partial charge >= 0.3 is 5.97 Å². The molecule has 1 aliphatic carbocycles. The number of hydrogen-bond donors (Lipinski definition) is 1. The summed E-state index contributed by atoms with van der Waals surface area (Å²) < 4.78 is 0. The Balaban J connectivity index is 2.38. The zero-order valence-electron chi connectivity index (χ0n) is 10.3. The van der Waals surface area contributed by atoms with Crippen molar-refractivity contribution >= 4 is 12.3 Å². The third-order valence-electron chi connectivity index (χ3n) is 4.06. The van der Waals surface area contributed by atoms with Gasteiger partial charge in [-0.2, -0.15) is 0 Å². The molecule has 0 amide bonds. The fourth-order valence-electron chi connectivity index (χ4n) is 3.12. The van der Waals surface area contributed by atoms with E-state index in [0.29, 0.717) is 0 Å². The van der Waals surface area contributed by atoms with Gasteiger partial charge < -0.3 is 9.90 Å². The monoisotopic (exact) mass is 246 g/mol. The molecule has 0 bridgehead atoms. The number of hydrogen-bond acceptors (Lipinski definition) is 2. The molecule has 0 radical (unpaired) electrons. The Morgan fingerprint density at radius 3 is 2.67 bits per heavy atom. The Bertz CT molecular complexity index is 427. The van der Waals surface area contributed by atoms with Crippen molar-refractivity contribution in [2.75, 3.05) is 0 Å². The highest BCUT2D eigenvalue weighted by molar-refractivity contribution is 5.73. The highest BCUT2D eigenvalue weighted by Crippen LogP contribution is 2.43. The molecule has 0 heterocycles. The first-order valence-electron chi connectivity index (χ1n) is 6.43. The molecule has 18 heavy (non-hydrogen) atoms. The van der Waals surface area contributed by atoms with Crippen molar-refractivity contribution in [1.82, 2.24) is 0 Å². The lowest BCUT2D eigenvalue weighted by Gasteiger charge is -2.40. The molecule has 96 valence electrons. The first kappa shape index (κ1) is 12.8. The average molecular weight is 246 g/mol. The maximum Gasteiger partial charge on any atom is 0.303 e. The first-order valence-corrected chi connectivity index (χ1v) is 6.43. The minimum absolute atomic E-state index is 0.0770. The zero-order valence-corrected chi connectivity index (χ0v) is 10.3. The molecule has 1 saturated carbocycles.